The summed E-state index contributed by atoms with van der Waals surface area (Å²) >= 11 is 0. The Labute approximate surface area is 137 Å². The van der Waals surface area contributed by atoms with Gasteiger partial charge in [0.25, 0.3) is 0 Å². The first kappa shape index (κ1) is 14.6. The summed E-state index contributed by atoms with van der Waals surface area (Å²) in [5, 5.41) is 3.59. The van der Waals surface area contributed by atoms with E-state index in [1.54, 1.807) is 12.4 Å². The van der Waals surface area contributed by atoms with E-state index >= 15 is 0 Å². The van der Waals surface area contributed by atoms with E-state index in [4.69, 9.17) is 4.98 Å². The highest BCUT2D eigenvalue weighted by Gasteiger charge is 2.43. The smallest absolute Gasteiger partial charge is 0.161 e. The molecule has 0 aromatic carbocycles. The summed E-state index contributed by atoms with van der Waals surface area (Å²) in [6, 6.07) is 5.94. The van der Waals surface area contributed by atoms with E-state index in [0.29, 0.717) is 5.54 Å². The normalized spacial score (nSPS) is 19.7. The van der Waals surface area contributed by atoms with Gasteiger partial charge in [-0.1, -0.05) is 0 Å². The van der Waals surface area contributed by atoms with Crippen molar-refractivity contribution in [2.45, 2.75) is 38.1 Å². The second-order valence-corrected chi connectivity index (χ2v) is 6.73. The van der Waals surface area contributed by atoms with Crippen LogP contribution in [0, 0.1) is 6.92 Å². The van der Waals surface area contributed by atoms with Gasteiger partial charge >= 0.3 is 0 Å². The zero-order valence-electron chi connectivity index (χ0n) is 13.6. The Bertz CT molecular complexity index is 675. The predicted octanol–water partition coefficient (Wildman–Crippen LogP) is 2.89. The van der Waals surface area contributed by atoms with Crippen LogP contribution >= 0.6 is 0 Å². The van der Waals surface area contributed by atoms with Crippen molar-refractivity contribution in [3.63, 3.8) is 0 Å². The number of rotatable bonds is 4. The highest BCUT2D eigenvalue weighted by molar-refractivity contribution is 5.56. The maximum absolute atomic E-state index is 4.71. The third-order valence-electron chi connectivity index (χ3n) is 5.20. The van der Waals surface area contributed by atoms with Gasteiger partial charge in [-0.2, -0.15) is 0 Å². The third kappa shape index (κ3) is 2.81. The van der Waals surface area contributed by atoms with Crippen LogP contribution in [0.3, 0.4) is 0 Å². The van der Waals surface area contributed by atoms with E-state index in [2.05, 4.69) is 20.2 Å². The van der Waals surface area contributed by atoms with Crippen LogP contribution in [0.1, 0.15) is 31.4 Å². The molecule has 2 saturated heterocycles. The standard InChI is InChI=1S/C18H23N5/c1-14-12-16(22-17(21-14)15-4-8-19-9-5-15)20-13-18-6-2-10-23(18)11-3-7-18/h4-5,8-9,12H,2-3,6-7,10-11,13H2,1H3,(H,20,21,22). The zero-order chi connectivity index (χ0) is 15.7. The molecule has 0 atom stereocenters. The number of hydrogen-bond donors (Lipinski definition) is 1. The number of nitrogens with zero attached hydrogens (tertiary/aromatic N) is 4. The molecule has 2 aromatic rings. The topological polar surface area (TPSA) is 53.9 Å². The molecule has 2 aliphatic heterocycles. The Morgan fingerprint density at radius 2 is 1.87 bits per heavy atom. The minimum Gasteiger partial charge on any atom is -0.368 e. The van der Waals surface area contributed by atoms with Crippen molar-refractivity contribution in [3.8, 4) is 11.4 Å². The lowest BCUT2D eigenvalue weighted by Crippen LogP contribution is -2.44. The Hall–Kier alpha value is -2.01. The summed E-state index contributed by atoms with van der Waals surface area (Å²) in [5.74, 6) is 1.69. The second-order valence-electron chi connectivity index (χ2n) is 6.73. The third-order valence-corrected chi connectivity index (χ3v) is 5.20. The molecule has 0 unspecified atom stereocenters. The van der Waals surface area contributed by atoms with Gasteiger partial charge in [0.2, 0.25) is 0 Å². The number of aromatic nitrogens is 3. The van der Waals surface area contributed by atoms with E-state index in [-0.39, 0.29) is 0 Å². The minimum atomic E-state index is 0.357. The van der Waals surface area contributed by atoms with Crippen LogP contribution in [-0.2, 0) is 0 Å². The lowest BCUT2D eigenvalue weighted by Gasteiger charge is -2.32. The minimum absolute atomic E-state index is 0.357. The molecule has 0 spiro atoms. The Kier molecular flexibility index (Phi) is 3.73. The van der Waals surface area contributed by atoms with E-state index in [1.165, 1.54) is 38.8 Å². The molecule has 5 heteroatoms. The van der Waals surface area contributed by atoms with E-state index in [9.17, 15) is 0 Å². The van der Waals surface area contributed by atoms with Crippen LogP contribution in [0.15, 0.2) is 30.6 Å². The fourth-order valence-electron chi connectivity index (χ4n) is 4.06. The molecule has 23 heavy (non-hydrogen) atoms. The first-order valence-electron chi connectivity index (χ1n) is 8.50. The van der Waals surface area contributed by atoms with Crippen molar-refractivity contribution in [3.05, 3.63) is 36.3 Å². The Morgan fingerprint density at radius 3 is 2.61 bits per heavy atom. The van der Waals surface area contributed by atoms with Crippen molar-refractivity contribution in [1.82, 2.24) is 19.9 Å². The lowest BCUT2D eigenvalue weighted by atomic mass is 9.94. The van der Waals surface area contributed by atoms with Crippen LogP contribution in [0.4, 0.5) is 5.82 Å². The van der Waals surface area contributed by atoms with Gasteiger partial charge in [0.1, 0.15) is 5.82 Å². The van der Waals surface area contributed by atoms with Crippen molar-refractivity contribution in [2.24, 2.45) is 0 Å². The number of pyridine rings is 1. The quantitative estimate of drug-likeness (QED) is 0.941. The summed E-state index contributed by atoms with van der Waals surface area (Å²) in [4.78, 5) is 16.0. The van der Waals surface area contributed by atoms with Crippen LogP contribution in [0.25, 0.3) is 11.4 Å². The Balaban J connectivity index is 1.54. The van der Waals surface area contributed by atoms with Gasteiger partial charge in [-0.3, -0.25) is 9.88 Å². The predicted molar refractivity (Wildman–Crippen MR) is 91.3 cm³/mol. The first-order valence-corrected chi connectivity index (χ1v) is 8.50. The Morgan fingerprint density at radius 1 is 1.13 bits per heavy atom. The lowest BCUT2D eigenvalue weighted by molar-refractivity contribution is 0.209. The number of aryl methyl sites for hydroxylation is 1. The monoisotopic (exact) mass is 309 g/mol. The zero-order valence-corrected chi connectivity index (χ0v) is 13.6. The fraction of sp³-hybridized carbons (Fsp3) is 0.500. The molecule has 0 radical (unpaired) electrons. The van der Waals surface area contributed by atoms with Crippen molar-refractivity contribution < 1.29 is 0 Å². The average Bonchev–Trinajstić information content (AvgIpc) is 3.13. The molecule has 120 valence electrons. The number of nitrogens with one attached hydrogen (secondary N) is 1. The number of hydrogen-bond acceptors (Lipinski definition) is 5. The number of anilines is 1. The van der Waals surface area contributed by atoms with Crippen molar-refractivity contribution >= 4 is 5.82 Å². The van der Waals surface area contributed by atoms with Gasteiger partial charge in [0.15, 0.2) is 5.82 Å². The van der Waals surface area contributed by atoms with E-state index in [0.717, 1.165) is 29.4 Å². The molecule has 5 nitrogen and oxygen atoms in total. The summed E-state index contributed by atoms with van der Waals surface area (Å²) in [6.07, 6.45) is 8.83. The second kappa shape index (κ2) is 5.89. The summed E-state index contributed by atoms with van der Waals surface area (Å²) < 4.78 is 0. The molecule has 0 saturated carbocycles. The largest absolute Gasteiger partial charge is 0.368 e. The fourth-order valence-corrected chi connectivity index (χ4v) is 4.06. The highest BCUT2D eigenvalue weighted by atomic mass is 15.3. The molecule has 4 rings (SSSR count). The molecule has 0 aliphatic carbocycles. The average molecular weight is 309 g/mol. The van der Waals surface area contributed by atoms with Gasteiger partial charge in [0.05, 0.1) is 0 Å². The van der Waals surface area contributed by atoms with Crippen LogP contribution in [0.2, 0.25) is 0 Å². The molecular formula is C18H23N5. The van der Waals surface area contributed by atoms with Crippen molar-refractivity contribution in [2.75, 3.05) is 25.0 Å². The number of fused-ring (bicyclic) bond motifs is 1. The van der Waals surface area contributed by atoms with Crippen LogP contribution in [-0.4, -0.2) is 45.0 Å². The molecule has 0 bridgehead atoms. The van der Waals surface area contributed by atoms with Gasteiger partial charge in [-0.05, 0) is 57.8 Å². The van der Waals surface area contributed by atoms with Crippen LogP contribution in [0.5, 0.6) is 0 Å². The molecule has 1 N–H and O–H groups in total. The first-order chi connectivity index (χ1) is 11.3. The summed E-state index contributed by atoms with van der Waals surface area (Å²) in [5.41, 5.74) is 2.35. The maximum atomic E-state index is 4.71. The van der Waals surface area contributed by atoms with Gasteiger partial charge in [-0.25, -0.2) is 9.97 Å². The molecule has 0 amide bonds. The summed E-state index contributed by atoms with van der Waals surface area (Å²) in [6.45, 7) is 5.52. The molecule has 2 fully saturated rings. The van der Waals surface area contributed by atoms with Gasteiger partial charge < -0.3 is 5.32 Å². The van der Waals surface area contributed by atoms with Gasteiger partial charge in [-0.15, -0.1) is 0 Å². The summed E-state index contributed by atoms with van der Waals surface area (Å²) in [7, 11) is 0. The van der Waals surface area contributed by atoms with Crippen molar-refractivity contribution in [1.29, 1.82) is 0 Å². The molecule has 4 heterocycles. The van der Waals surface area contributed by atoms with Crippen LogP contribution < -0.4 is 5.32 Å². The van der Waals surface area contributed by atoms with Gasteiger partial charge in [0, 0.05) is 41.8 Å². The maximum Gasteiger partial charge on any atom is 0.161 e. The van der Waals surface area contributed by atoms with E-state index < -0.39 is 0 Å². The van der Waals surface area contributed by atoms with E-state index in [1.807, 2.05) is 25.1 Å². The molecule has 2 aromatic heterocycles. The molecular weight excluding hydrogens is 286 g/mol. The highest BCUT2D eigenvalue weighted by Crippen LogP contribution is 2.38. The molecule has 2 aliphatic rings. The SMILES string of the molecule is Cc1cc(NCC23CCCN2CCC3)nc(-c2ccncc2)n1.